The molecule has 0 aliphatic carbocycles. The van der Waals surface area contributed by atoms with Crippen LogP contribution in [0.4, 0.5) is 0 Å². The van der Waals surface area contributed by atoms with E-state index in [-0.39, 0.29) is 17.8 Å². The quantitative estimate of drug-likeness (QED) is 0.802. The summed E-state index contributed by atoms with van der Waals surface area (Å²) in [7, 11) is 0. The fraction of sp³-hybridized carbons (Fsp3) is 0.412. The van der Waals surface area contributed by atoms with E-state index in [0.29, 0.717) is 21.6 Å². The van der Waals surface area contributed by atoms with E-state index in [2.05, 4.69) is 10.1 Å². The van der Waals surface area contributed by atoms with Crippen molar-refractivity contribution in [2.45, 2.75) is 39.7 Å². The number of carbonyl (C=O) groups is 2. The summed E-state index contributed by atoms with van der Waals surface area (Å²) in [6, 6.07) is 4.72. The first-order valence-corrected chi connectivity index (χ1v) is 8.83. The number of aromatic nitrogens is 3. The first-order valence-electron chi connectivity index (χ1n) is 8.07. The average molecular weight is 399 g/mol. The Morgan fingerprint density at radius 3 is 2.23 bits per heavy atom. The minimum atomic E-state index is -1.11. The second-order valence-electron chi connectivity index (χ2n) is 6.35. The molecule has 0 saturated carbocycles. The number of halogens is 2. The number of aliphatic carboxylic acids is 1. The molecule has 1 amide bonds. The SMILES string of the molecule is CC(C)c1nc(C(=O)N(CC(=O)O)C(C)C)nn1-c1c(Cl)cccc1Cl. The van der Waals surface area contributed by atoms with Crippen molar-refractivity contribution in [2.24, 2.45) is 0 Å². The van der Waals surface area contributed by atoms with Gasteiger partial charge in [0.1, 0.15) is 18.1 Å². The van der Waals surface area contributed by atoms with Gasteiger partial charge in [-0.05, 0) is 26.0 Å². The summed E-state index contributed by atoms with van der Waals surface area (Å²) in [4.78, 5) is 29.4. The number of hydrogen-bond donors (Lipinski definition) is 1. The molecule has 1 N–H and O–H groups in total. The van der Waals surface area contributed by atoms with Gasteiger partial charge in [0.15, 0.2) is 0 Å². The Labute approximate surface area is 161 Å². The number of hydrogen-bond acceptors (Lipinski definition) is 4. The maximum atomic E-state index is 12.8. The van der Waals surface area contributed by atoms with E-state index in [1.54, 1.807) is 32.0 Å². The highest BCUT2D eigenvalue weighted by Crippen LogP contribution is 2.30. The number of carbonyl (C=O) groups excluding carboxylic acids is 1. The fourth-order valence-electron chi connectivity index (χ4n) is 2.41. The smallest absolute Gasteiger partial charge is 0.323 e. The monoisotopic (exact) mass is 398 g/mol. The largest absolute Gasteiger partial charge is 0.480 e. The third kappa shape index (κ3) is 4.16. The molecule has 0 saturated heterocycles. The molecule has 26 heavy (non-hydrogen) atoms. The number of para-hydroxylation sites is 1. The minimum Gasteiger partial charge on any atom is -0.480 e. The Balaban J connectivity index is 2.56. The van der Waals surface area contributed by atoms with Crippen molar-refractivity contribution >= 4 is 35.1 Å². The molecule has 1 heterocycles. The van der Waals surface area contributed by atoms with Gasteiger partial charge in [-0.1, -0.05) is 43.1 Å². The summed E-state index contributed by atoms with van der Waals surface area (Å²) in [5.41, 5.74) is 0.431. The van der Waals surface area contributed by atoms with Crippen molar-refractivity contribution in [3.05, 3.63) is 39.9 Å². The van der Waals surface area contributed by atoms with Crippen molar-refractivity contribution in [3.63, 3.8) is 0 Å². The third-order valence-electron chi connectivity index (χ3n) is 3.68. The van der Waals surface area contributed by atoms with Crippen LogP contribution >= 0.6 is 23.2 Å². The number of carboxylic acid groups (broad SMARTS) is 1. The highest BCUT2D eigenvalue weighted by Gasteiger charge is 2.28. The zero-order valence-corrected chi connectivity index (χ0v) is 16.4. The normalized spacial score (nSPS) is 11.2. The Hall–Kier alpha value is -2.12. The van der Waals surface area contributed by atoms with Crippen LogP contribution in [0.2, 0.25) is 10.0 Å². The summed E-state index contributed by atoms with van der Waals surface area (Å²) in [6.07, 6.45) is 0. The fourth-order valence-corrected chi connectivity index (χ4v) is 2.96. The Bertz CT molecular complexity index is 813. The van der Waals surface area contributed by atoms with Crippen LogP contribution in [-0.2, 0) is 4.79 Å². The zero-order chi connectivity index (χ0) is 19.6. The average Bonchev–Trinajstić information content (AvgIpc) is 2.96. The van der Waals surface area contributed by atoms with E-state index in [9.17, 15) is 9.59 Å². The number of nitrogens with zero attached hydrogens (tertiary/aromatic N) is 4. The molecule has 1 aromatic carbocycles. The molecule has 7 nitrogen and oxygen atoms in total. The van der Waals surface area contributed by atoms with Gasteiger partial charge in [-0.15, -0.1) is 5.10 Å². The molecular weight excluding hydrogens is 379 g/mol. The van der Waals surface area contributed by atoms with Crippen LogP contribution in [0.25, 0.3) is 5.69 Å². The highest BCUT2D eigenvalue weighted by atomic mass is 35.5. The second kappa shape index (κ2) is 8.05. The molecule has 2 aromatic rings. The standard InChI is InChI=1S/C17H20Cl2N4O3/c1-9(2)16-20-15(17(26)22(10(3)4)8-13(24)25)21-23(16)14-11(18)6-5-7-12(14)19/h5-7,9-10H,8H2,1-4H3,(H,24,25). The van der Waals surface area contributed by atoms with Crippen molar-refractivity contribution in [1.29, 1.82) is 0 Å². The van der Waals surface area contributed by atoms with E-state index in [1.165, 1.54) is 9.58 Å². The van der Waals surface area contributed by atoms with Crippen LogP contribution in [-0.4, -0.2) is 49.2 Å². The van der Waals surface area contributed by atoms with Gasteiger partial charge < -0.3 is 10.0 Å². The molecule has 0 fully saturated rings. The van der Waals surface area contributed by atoms with Crippen LogP contribution in [0.3, 0.4) is 0 Å². The van der Waals surface area contributed by atoms with Gasteiger partial charge in [-0.3, -0.25) is 9.59 Å². The van der Waals surface area contributed by atoms with Gasteiger partial charge in [0.25, 0.3) is 5.91 Å². The predicted molar refractivity (Wildman–Crippen MR) is 99.3 cm³/mol. The van der Waals surface area contributed by atoms with Crippen LogP contribution < -0.4 is 0 Å². The summed E-state index contributed by atoms with van der Waals surface area (Å²) < 4.78 is 1.45. The minimum absolute atomic E-state index is 0.0663. The Morgan fingerprint density at radius 1 is 1.19 bits per heavy atom. The van der Waals surface area contributed by atoms with E-state index in [0.717, 1.165) is 0 Å². The molecule has 0 atom stereocenters. The molecule has 0 aliphatic heterocycles. The summed E-state index contributed by atoms with van der Waals surface area (Å²) in [5, 5.41) is 14.1. The number of carboxylic acids is 1. The molecule has 0 aliphatic rings. The highest BCUT2D eigenvalue weighted by molar-refractivity contribution is 6.37. The molecule has 1 aromatic heterocycles. The molecule has 0 spiro atoms. The Morgan fingerprint density at radius 2 is 1.77 bits per heavy atom. The van der Waals surface area contributed by atoms with E-state index in [4.69, 9.17) is 28.3 Å². The summed E-state index contributed by atoms with van der Waals surface area (Å²) >= 11 is 12.5. The molecule has 0 radical (unpaired) electrons. The number of rotatable bonds is 6. The van der Waals surface area contributed by atoms with Crippen LogP contribution in [0, 0.1) is 0 Å². The lowest BCUT2D eigenvalue weighted by Crippen LogP contribution is -2.41. The van der Waals surface area contributed by atoms with E-state index < -0.39 is 18.4 Å². The topological polar surface area (TPSA) is 88.3 Å². The molecule has 140 valence electrons. The maximum absolute atomic E-state index is 12.8. The number of benzene rings is 1. The van der Waals surface area contributed by atoms with Crippen molar-refractivity contribution in [3.8, 4) is 5.69 Å². The molecule has 2 rings (SSSR count). The van der Waals surface area contributed by atoms with E-state index in [1.807, 2.05) is 13.8 Å². The summed E-state index contributed by atoms with van der Waals surface area (Å²) in [6.45, 7) is 6.82. The van der Waals surface area contributed by atoms with Crippen molar-refractivity contribution in [1.82, 2.24) is 19.7 Å². The van der Waals surface area contributed by atoms with E-state index >= 15 is 0 Å². The molecule has 9 heteroatoms. The van der Waals surface area contributed by atoms with Gasteiger partial charge in [0, 0.05) is 12.0 Å². The van der Waals surface area contributed by atoms with Gasteiger partial charge in [0.05, 0.1) is 10.0 Å². The van der Waals surface area contributed by atoms with Gasteiger partial charge in [-0.25, -0.2) is 9.67 Å². The second-order valence-corrected chi connectivity index (χ2v) is 7.17. The first-order chi connectivity index (χ1) is 12.1. The Kier molecular flexibility index (Phi) is 6.26. The first kappa shape index (κ1) is 20.2. The van der Waals surface area contributed by atoms with Gasteiger partial charge >= 0.3 is 5.97 Å². The zero-order valence-electron chi connectivity index (χ0n) is 14.9. The van der Waals surface area contributed by atoms with Crippen LogP contribution in [0.5, 0.6) is 0 Å². The van der Waals surface area contributed by atoms with Crippen LogP contribution in [0.1, 0.15) is 50.1 Å². The predicted octanol–water partition coefficient (Wildman–Crippen LogP) is 3.63. The summed E-state index contributed by atoms with van der Waals surface area (Å²) in [5.74, 6) is -1.33. The molecular formula is C17H20Cl2N4O3. The lowest BCUT2D eigenvalue weighted by molar-refractivity contribution is -0.138. The number of amides is 1. The third-order valence-corrected chi connectivity index (χ3v) is 4.29. The van der Waals surface area contributed by atoms with Crippen molar-refractivity contribution in [2.75, 3.05) is 6.54 Å². The molecule has 0 bridgehead atoms. The van der Waals surface area contributed by atoms with Crippen molar-refractivity contribution < 1.29 is 14.7 Å². The molecule has 0 unspecified atom stereocenters. The lowest BCUT2D eigenvalue weighted by atomic mass is 10.2. The lowest BCUT2D eigenvalue weighted by Gasteiger charge is -2.23. The maximum Gasteiger partial charge on any atom is 0.323 e. The van der Waals surface area contributed by atoms with Gasteiger partial charge in [-0.2, -0.15) is 0 Å². The van der Waals surface area contributed by atoms with Gasteiger partial charge in [0.2, 0.25) is 5.82 Å². The van der Waals surface area contributed by atoms with Crippen LogP contribution in [0.15, 0.2) is 18.2 Å².